The summed E-state index contributed by atoms with van der Waals surface area (Å²) in [6.07, 6.45) is 1.95. The van der Waals surface area contributed by atoms with Gasteiger partial charge in [-0.2, -0.15) is 5.10 Å². The van der Waals surface area contributed by atoms with Gasteiger partial charge in [0.15, 0.2) is 4.77 Å². The largest absolute Gasteiger partial charge is 0.354 e. The molecule has 10 heteroatoms. The number of nitrogens with zero attached hydrogens (tertiary/aromatic N) is 3. The highest BCUT2D eigenvalue weighted by molar-refractivity contribution is 7.71. The molecule has 0 spiro atoms. The average Bonchev–Trinajstić information content (AvgIpc) is 3.31. The van der Waals surface area contributed by atoms with Crippen LogP contribution in [0.3, 0.4) is 0 Å². The molecule has 154 valence electrons. The smallest absolute Gasteiger partial charge is 0.251 e. The molecule has 29 heavy (non-hydrogen) atoms. The lowest BCUT2D eigenvalue weighted by atomic mass is 10.2. The van der Waals surface area contributed by atoms with Crippen LogP contribution in [0, 0.1) is 4.77 Å². The topological polar surface area (TPSA) is 112 Å². The quantitative estimate of drug-likeness (QED) is 0.560. The maximum absolute atomic E-state index is 12.2. The van der Waals surface area contributed by atoms with Gasteiger partial charge in [-0.05, 0) is 49.8 Å². The number of H-pyrrole nitrogens is 1. The first-order chi connectivity index (χ1) is 14.0. The number of hydrogen-bond acceptors (Lipinski definition) is 5. The van der Waals surface area contributed by atoms with Crippen molar-refractivity contribution >= 4 is 35.6 Å². The van der Waals surface area contributed by atoms with E-state index in [1.807, 2.05) is 11.5 Å². The van der Waals surface area contributed by atoms with Crippen LogP contribution in [0.25, 0.3) is 0 Å². The number of aromatic nitrogens is 3. The summed E-state index contributed by atoms with van der Waals surface area (Å²) in [4.78, 5) is 37.7. The number of rotatable bonds is 8. The van der Waals surface area contributed by atoms with E-state index in [0.29, 0.717) is 42.8 Å². The van der Waals surface area contributed by atoms with Gasteiger partial charge in [-0.1, -0.05) is 0 Å². The highest BCUT2D eigenvalue weighted by Crippen LogP contribution is 2.21. The number of anilines is 1. The second-order valence-corrected chi connectivity index (χ2v) is 7.05. The summed E-state index contributed by atoms with van der Waals surface area (Å²) in [5.74, 6) is 0.252. The minimum atomic E-state index is -0.341. The summed E-state index contributed by atoms with van der Waals surface area (Å²) >= 11 is 5.13. The van der Waals surface area contributed by atoms with Gasteiger partial charge in [0.25, 0.3) is 5.91 Å². The minimum Gasteiger partial charge on any atom is -0.354 e. The molecular formula is C19H24N6O3S. The third-order valence-corrected chi connectivity index (χ3v) is 5.06. The molecule has 2 heterocycles. The molecule has 2 aromatic rings. The van der Waals surface area contributed by atoms with Crippen LogP contribution in [0.15, 0.2) is 24.3 Å². The van der Waals surface area contributed by atoms with E-state index in [-0.39, 0.29) is 24.3 Å². The number of carbonyl (C=O) groups excluding carboxylic acids is 3. The summed E-state index contributed by atoms with van der Waals surface area (Å²) in [5.41, 5.74) is 1.22. The van der Waals surface area contributed by atoms with E-state index in [2.05, 4.69) is 20.8 Å². The van der Waals surface area contributed by atoms with E-state index in [0.717, 1.165) is 17.9 Å². The first-order valence-corrected chi connectivity index (χ1v) is 10.00. The first-order valence-electron chi connectivity index (χ1n) is 9.59. The number of amides is 3. The highest BCUT2D eigenvalue weighted by Gasteiger charge is 2.21. The molecule has 1 saturated heterocycles. The monoisotopic (exact) mass is 416 g/mol. The molecule has 3 N–H and O–H groups in total. The number of benzene rings is 1. The first kappa shape index (κ1) is 20.7. The molecule has 1 aromatic heterocycles. The Kier molecular flexibility index (Phi) is 6.76. The fraction of sp³-hybridized carbons (Fsp3) is 0.421. The fourth-order valence-corrected chi connectivity index (χ4v) is 3.50. The van der Waals surface area contributed by atoms with Crippen LogP contribution in [-0.2, 0) is 22.6 Å². The van der Waals surface area contributed by atoms with Gasteiger partial charge >= 0.3 is 0 Å². The predicted molar refractivity (Wildman–Crippen MR) is 110 cm³/mol. The van der Waals surface area contributed by atoms with Gasteiger partial charge < -0.3 is 20.1 Å². The molecule has 0 bridgehead atoms. The number of hydrogen-bond donors (Lipinski definition) is 3. The lowest BCUT2D eigenvalue weighted by Gasteiger charge is -2.15. The van der Waals surface area contributed by atoms with Gasteiger partial charge in [-0.25, -0.2) is 0 Å². The second-order valence-electron chi connectivity index (χ2n) is 6.67. The number of aromatic amines is 1. The van der Waals surface area contributed by atoms with Gasteiger partial charge in [0.2, 0.25) is 11.8 Å². The van der Waals surface area contributed by atoms with E-state index in [1.165, 1.54) is 0 Å². The number of nitrogens with one attached hydrogen (secondary N) is 3. The molecule has 0 unspecified atom stereocenters. The van der Waals surface area contributed by atoms with E-state index < -0.39 is 0 Å². The van der Waals surface area contributed by atoms with Gasteiger partial charge in [-0.3, -0.25) is 19.5 Å². The Labute approximate surface area is 173 Å². The van der Waals surface area contributed by atoms with Crippen molar-refractivity contribution in [1.29, 1.82) is 0 Å². The molecule has 3 rings (SSSR count). The summed E-state index contributed by atoms with van der Waals surface area (Å²) in [6, 6.07) is 6.81. The summed E-state index contributed by atoms with van der Waals surface area (Å²) < 4.78 is 2.42. The fourth-order valence-electron chi connectivity index (χ4n) is 3.22. The molecule has 0 saturated carbocycles. The molecule has 1 aliphatic heterocycles. The van der Waals surface area contributed by atoms with Crippen molar-refractivity contribution in [3.63, 3.8) is 0 Å². The normalized spacial score (nSPS) is 13.6. The average molecular weight is 417 g/mol. The van der Waals surface area contributed by atoms with Crippen LogP contribution in [0.2, 0.25) is 0 Å². The van der Waals surface area contributed by atoms with E-state index in [9.17, 15) is 14.4 Å². The lowest BCUT2D eigenvalue weighted by Crippen LogP contribution is -2.37. The predicted octanol–water partition coefficient (Wildman–Crippen LogP) is 1.18. The Morgan fingerprint density at radius 3 is 2.66 bits per heavy atom. The molecule has 0 aliphatic carbocycles. The Morgan fingerprint density at radius 1 is 1.24 bits per heavy atom. The van der Waals surface area contributed by atoms with Crippen LogP contribution in [0.5, 0.6) is 0 Å². The Balaban J connectivity index is 1.43. The molecule has 1 aliphatic rings. The zero-order valence-electron chi connectivity index (χ0n) is 16.2. The SMILES string of the molecule is CCn1c(CCNC(=O)CNC(=O)c2ccc(N3CCCC3=O)cc2)n[nH]c1=S. The van der Waals surface area contributed by atoms with Gasteiger partial charge in [0.1, 0.15) is 5.82 Å². The van der Waals surface area contributed by atoms with Crippen molar-refractivity contribution in [3.05, 3.63) is 40.4 Å². The Morgan fingerprint density at radius 2 is 2.00 bits per heavy atom. The van der Waals surface area contributed by atoms with E-state index >= 15 is 0 Å². The van der Waals surface area contributed by atoms with Crippen molar-refractivity contribution in [2.45, 2.75) is 32.7 Å². The van der Waals surface area contributed by atoms with Crippen LogP contribution in [0.4, 0.5) is 5.69 Å². The van der Waals surface area contributed by atoms with Gasteiger partial charge in [0.05, 0.1) is 6.54 Å². The van der Waals surface area contributed by atoms with Crippen LogP contribution in [-0.4, -0.2) is 52.1 Å². The van der Waals surface area contributed by atoms with E-state index in [1.54, 1.807) is 29.2 Å². The second kappa shape index (κ2) is 9.46. The summed E-state index contributed by atoms with van der Waals surface area (Å²) in [6.45, 7) is 3.66. The Bertz CT molecular complexity index is 950. The Hall–Kier alpha value is -3.01. The maximum atomic E-state index is 12.2. The molecule has 9 nitrogen and oxygen atoms in total. The van der Waals surface area contributed by atoms with Crippen molar-refractivity contribution < 1.29 is 14.4 Å². The van der Waals surface area contributed by atoms with Crippen LogP contribution in [0.1, 0.15) is 35.9 Å². The molecule has 1 fully saturated rings. The maximum Gasteiger partial charge on any atom is 0.251 e. The third-order valence-electron chi connectivity index (χ3n) is 4.75. The summed E-state index contributed by atoms with van der Waals surface area (Å²) in [7, 11) is 0. The van der Waals surface area contributed by atoms with E-state index in [4.69, 9.17) is 12.2 Å². The standard InChI is InChI=1S/C19H24N6O3S/c1-2-24-15(22-23-19(24)29)9-10-20-16(26)12-21-18(28)13-5-7-14(8-6-13)25-11-3-4-17(25)27/h5-8H,2-4,9-12H2,1H3,(H,20,26)(H,21,28)(H,23,29). The zero-order chi connectivity index (χ0) is 20.8. The van der Waals surface area contributed by atoms with Gasteiger partial charge in [-0.15, -0.1) is 0 Å². The molecular weight excluding hydrogens is 392 g/mol. The molecule has 0 radical (unpaired) electrons. The molecule has 1 aromatic carbocycles. The molecule has 0 atom stereocenters. The highest BCUT2D eigenvalue weighted by atomic mass is 32.1. The van der Waals surface area contributed by atoms with Gasteiger partial charge in [0, 0.05) is 43.7 Å². The van der Waals surface area contributed by atoms with Crippen LogP contribution >= 0.6 is 12.2 Å². The summed E-state index contributed by atoms with van der Waals surface area (Å²) in [5, 5.41) is 12.2. The minimum absolute atomic E-state index is 0.0992. The van der Waals surface area contributed by atoms with Crippen molar-refractivity contribution in [2.24, 2.45) is 0 Å². The van der Waals surface area contributed by atoms with Crippen molar-refractivity contribution in [1.82, 2.24) is 25.4 Å². The lowest BCUT2D eigenvalue weighted by molar-refractivity contribution is -0.120. The molecule has 3 amide bonds. The third kappa shape index (κ3) is 5.08. The van der Waals surface area contributed by atoms with Crippen molar-refractivity contribution in [2.75, 3.05) is 24.5 Å². The van der Waals surface area contributed by atoms with Crippen molar-refractivity contribution in [3.8, 4) is 0 Å². The zero-order valence-corrected chi connectivity index (χ0v) is 17.1. The number of carbonyl (C=O) groups is 3. The van der Waals surface area contributed by atoms with Crippen LogP contribution < -0.4 is 15.5 Å².